The fourth-order valence-electron chi connectivity index (χ4n) is 6.27. The summed E-state index contributed by atoms with van der Waals surface area (Å²) in [5.74, 6) is -4.91. The number of amides is 3. The van der Waals surface area contributed by atoms with E-state index >= 15 is 0 Å². The van der Waals surface area contributed by atoms with Crippen molar-refractivity contribution < 1.29 is 47.0 Å². The summed E-state index contributed by atoms with van der Waals surface area (Å²) in [5, 5.41) is 16.4. The van der Waals surface area contributed by atoms with Gasteiger partial charge in [-0.05, 0) is 50.8 Å². The second-order valence-corrected chi connectivity index (χ2v) is 14.4. The van der Waals surface area contributed by atoms with Gasteiger partial charge in [-0.3, -0.25) is 28.9 Å². The zero-order valence-corrected chi connectivity index (χ0v) is 30.6. The number of aromatic nitrogens is 1. The summed E-state index contributed by atoms with van der Waals surface area (Å²) in [5.41, 5.74) is 0.902. The van der Waals surface area contributed by atoms with Crippen molar-refractivity contribution >= 4 is 41.0 Å². The molecule has 1 saturated heterocycles. The Hall–Kier alpha value is -4.05. The van der Waals surface area contributed by atoms with Crippen LogP contribution in [-0.2, 0) is 30.3 Å². The number of nitrogens with zero attached hydrogens (tertiary/aromatic N) is 3. The number of hydrogen-bond acceptors (Lipinski definition) is 9. The first-order valence-corrected chi connectivity index (χ1v) is 17.8. The molecular weight excluding hydrogens is 691 g/mol. The standard InChI is InChI=1S/C35H48F3N5O7S/c1-20(2)28(43(6)33(47)25(18-35(36,37)38)40-31(46)27-13-10-14-42(27)5)17-29(50-22(4)44)32-41-26(19-51-32)30(45)39-24(15-21(3)34(48)49)16-23-11-8-7-9-12-23/h7-9,11-12,19-21,24-25,27-29H,10,13-18H2,1-6H3,(H,39,45)(H,40,46)(H,48,49)/t21-,24+,25-,27+,28+,29+/m0/s1. The SMILES string of the molecule is CC(=O)O[C@H](C[C@H](C(C)C)N(C)C(=O)[C@H](CC(F)(F)F)NC(=O)[C@H]1CCCN1C)c1nc(C(=O)N[C@@H](Cc2ccccc2)C[C@H](C)C(=O)O)cs1. The second-order valence-electron chi connectivity index (χ2n) is 13.5. The van der Waals surface area contributed by atoms with Gasteiger partial charge in [-0.1, -0.05) is 51.1 Å². The maximum atomic E-state index is 13.7. The highest BCUT2D eigenvalue weighted by molar-refractivity contribution is 7.09. The van der Waals surface area contributed by atoms with Crippen LogP contribution in [0.5, 0.6) is 0 Å². The molecule has 282 valence electrons. The minimum Gasteiger partial charge on any atom is -0.481 e. The number of alkyl halides is 3. The summed E-state index contributed by atoms with van der Waals surface area (Å²) in [6, 6.07) is 5.46. The van der Waals surface area contributed by atoms with Gasteiger partial charge in [0.05, 0.1) is 18.4 Å². The number of thiazole rings is 1. The number of esters is 1. The monoisotopic (exact) mass is 739 g/mol. The molecule has 12 nitrogen and oxygen atoms in total. The first kappa shape index (κ1) is 41.4. The first-order valence-electron chi connectivity index (χ1n) is 16.9. The number of aliphatic carboxylic acids is 1. The molecule has 3 N–H and O–H groups in total. The molecule has 3 rings (SSSR count). The first-order chi connectivity index (χ1) is 23.9. The van der Waals surface area contributed by atoms with E-state index in [1.807, 2.05) is 30.3 Å². The van der Waals surface area contributed by atoms with Crippen molar-refractivity contribution in [3.8, 4) is 0 Å². The molecule has 2 heterocycles. The number of hydrogen-bond donors (Lipinski definition) is 3. The van der Waals surface area contributed by atoms with E-state index in [9.17, 15) is 42.3 Å². The maximum absolute atomic E-state index is 13.7. The van der Waals surface area contributed by atoms with Gasteiger partial charge < -0.3 is 25.4 Å². The predicted octanol–water partition coefficient (Wildman–Crippen LogP) is 4.60. The van der Waals surface area contributed by atoms with Gasteiger partial charge in [0.1, 0.15) is 16.7 Å². The lowest BCUT2D eigenvalue weighted by Crippen LogP contribution is -2.55. The zero-order valence-electron chi connectivity index (χ0n) is 29.7. The number of carbonyl (C=O) groups excluding carboxylic acids is 4. The largest absolute Gasteiger partial charge is 0.481 e. The molecule has 1 fully saturated rings. The van der Waals surface area contributed by atoms with Gasteiger partial charge in [0, 0.05) is 37.9 Å². The molecule has 1 aliphatic heterocycles. The number of likely N-dealkylation sites (tertiary alicyclic amines) is 1. The Morgan fingerprint density at radius 2 is 1.76 bits per heavy atom. The molecule has 1 aliphatic rings. The van der Waals surface area contributed by atoms with Crippen LogP contribution >= 0.6 is 11.3 Å². The number of benzene rings is 1. The number of carbonyl (C=O) groups is 5. The van der Waals surface area contributed by atoms with Gasteiger partial charge in [-0.15, -0.1) is 11.3 Å². The molecule has 1 aromatic carbocycles. The normalized spacial score (nSPS) is 18.0. The zero-order chi connectivity index (χ0) is 38.0. The minimum atomic E-state index is -4.74. The summed E-state index contributed by atoms with van der Waals surface area (Å²) >= 11 is 1.03. The van der Waals surface area contributed by atoms with E-state index in [4.69, 9.17) is 4.74 Å². The van der Waals surface area contributed by atoms with E-state index < -0.39 is 78.4 Å². The van der Waals surface area contributed by atoms with Crippen molar-refractivity contribution in [2.75, 3.05) is 20.6 Å². The van der Waals surface area contributed by atoms with Gasteiger partial charge in [0.25, 0.3) is 5.91 Å². The van der Waals surface area contributed by atoms with Gasteiger partial charge in [-0.2, -0.15) is 13.2 Å². The van der Waals surface area contributed by atoms with Gasteiger partial charge in [0.15, 0.2) is 6.10 Å². The summed E-state index contributed by atoms with van der Waals surface area (Å²) < 4.78 is 46.6. The number of ether oxygens (including phenoxy) is 1. The third kappa shape index (κ3) is 12.6. The quantitative estimate of drug-likeness (QED) is 0.197. The highest BCUT2D eigenvalue weighted by Crippen LogP contribution is 2.32. The smallest absolute Gasteiger partial charge is 0.391 e. The second kappa shape index (κ2) is 18.4. The molecule has 0 bridgehead atoms. The van der Waals surface area contributed by atoms with Crippen molar-refractivity contribution in [1.82, 2.24) is 25.4 Å². The van der Waals surface area contributed by atoms with E-state index in [2.05, 4.69) is 15.6 Å². The number of halogens is 3. The number of likely N-dealkylation sites (N-methyl/N-ethyl adjacent to an activating group) is 2. The van der Waals surface area contributed by atoms with E-state index in [1.54, 1.807) is 32.7 Å². The average molecular weight is 740 g/mol. The Morgan fingerprint density at radius 3 is 2.31 bits per heavy atom. The molecule has 2 aromatic rings. The minimum absolute atomic E-state index is 0.00329. The van der Waals surface area contributed by atoms with Crippen molar-refractivity contribution in [1.29, 1.82) is 0 Å². The molecule has 1 aromatic heterocycles. The summed E-state index contributed by atoms with van der Waals surface area (Å²) in [7, 11) is 3.05. The number of carboxylic acid groups (broad SMARTS) is 1. The van der Waals surface area contributed by atoms with Crippen LogP contribution < -0.4 is 10.6 Å². The third-order valence-corrected chi connectivity index (χ3v) is 9.94. The topological polar surface area (TPSA) is 158 Å². The van der Waals surface area contributed by atoms with Gasteiger partial charge >= 0.3 is 18.1 Å². The average Bonchev–Trinajstić information content (AvgIpc) is 3.71. The highest BCUT2D eigenvalue weighted by atomic mass is 32.1. The molecule has 51 heavy (non-hydrogen) atoms. The third-order valence-electron chi connectivity index (χ3n) is 9.00. The summed E-state index contributed by atoms with van der Waals surface area (Å²) in [4.78, 5) is 71.1. The number of carboxylic acids is 1. The van der Waals surface area contributed by atoms with Crippen LogP contribution in [0.4, 0.5) is 13.2 Å². The highest BCUT2D eigenvalue weighted by Gasteiger charge is 2.41. The predicted molar refractivity (Wildman–Crippen MR) is 184 cm³/mol. The molecule has 0 spiro atoms. The molecule has 16 heteroatoms. The Balaban J connectivity index is 1.82. The summed E-state index contributed by atoms with van der Waals surface area (Å²) in [6.45, 7) is 6.87. The molecule has 0 saturated carbocycles. The van der Waals surface area contributed by atoms with Crippen LogP contribution in [0.2, 0.25) is 0 Å². The lowest BCUT2D eigenvalue weighted by Gasteiger charge is -2.36. The maximum Gasteiger partial charge on any atom is 0.391 e. The number of rotatable bonds is 17. The van der Waals surface area contributed by atoms with Gasteiger partial charge in [-0.25, -0.2) is 4.98 Å². The van der Waals surface area contributed by atoms with Crippen LogP contribution in [0.1, 0.15) is 87.0 Å². The van der Waals surface area contributed by atoms with Crippen LogP contribution in [0, 0.1) is 11.8 Å². The fraction of sp³-hybridized carbons (Fsp3) is 0.600. The lowest BCUT2D eigenvalue weighted by atomic mass is 9.95. The molecule has 0 unspecified atom stereocenters. The molecule has 6 atom stereocenters. The number of nitrogens with one attached hydrogen (secondary N) is 2. The van der Waals surface area contributed by atoms with Crippen molar-refractivity contribution in [3.05, 3.63) is 52.0 Å². The van der Waals surface area contributed by atoms with Crippen molar-refractivity contribution in [3.63, 3.8) is 0 Å². The Bertz CT molecular complexity index is 1510. The molecule has 0 radical (unpaired) electrons. The van der Waals surface area contributed by atoms with Crippen molar-refractivity contribution in [2.45, 2.75) is 103 Å². The van der Waals surface area contributed by atoms with Crippen LogP contribution in [0.3, 0.4) is 0 Å². The lowest BCUT2D eigenvalue weighted by molar-refractivity contribution is -0.158. The molecular formula is C35H48F3N5O7S. The Labute approximate surface area is 300 Å². The molecule has 3 amide bonds. The summed E-state index contributed by atoms with van der Waals surface area (Å²) in [6.07, 6.45) is -5.71. The van der Waals surface area contributed by atoms with E-state index in [0.29, 0.717) is 25.8 Å². The Morgan fingerprint density at radius 1 is 1.10 bits per heavy atom. The Kier molecular flexibility index (Phi) is 15.0. The van der Waals surface area contributed by atoms with Crippen LogP contribution in [0.15, 0.2) is 35.7 Å². The van der Waals surface area contributed by atoms with Gasteiger partial charge in [0.2, 0.25) is 11.8 Å². The fourth-order valence-corrected chi connectivity index (χ4v) is 7.10. The van der Waals surface area contributed by atoms with Crippen LogP contribution in [0.25, 0.3) is 0 Å². The van der Waals surface area contributed by atoms with E-state index in [0.717, 1.165) is 21.8 Å². The molecule has 0 aliphatic carbocycles. The van der Waals surface area contributed by atoms with Crippen LogP contribution in [-0.4, -0.2) is 101 Å². The van der Waals surface area contributed by atoms with E-state index in [1.165, 1.54) is 19.4 Å². The van der Waals surface area contributed by atoms with E-state index in [-0.39, 0.29) is 29.5 Å². The van der Waals surface area contributed by atoms with Crippen molar-refractivity contribution in [2.24, 2.45) is 11.8 Å².